The number of aliphatic hydroxyl groups excluding tert-OH is 1. The molecule has 4 nitrogen and oxygen atoms in total. The number of amides is 1. The minimum absolute atomic E-state index is 0.0242. The van der Waals surface area contributed by atoms with Crippen molar-refractivity contribution in [2.24, 2.45) is 0 Å². The molecule has 1 unspecified atom stereocenters. The first-order chi connectivity index (χ1) is 7.72. The molecule has 1 aliphatic rings. The van der Waals surface area contributed by atoms with Crippen LogP contribution in [0.4, 0.5) is 5.69 Å². The summed E-state index contributed by atoms with van der Waals surface area (Å²) in [5.74, 6) is 0.714. The minimum Gasteiger partial charge on any atom is -0.497 e. The number of benzene rings is 1. The van der Waals surface area contributed by atoms with E-state index in [2.05, 4.69) is 0 Å². The van der Waals surface area contributed by atoms with E-state index >= 15 is 0 Å². The second-order valence-electron chi connectivity index (χ2n) is 3.83. The summed E-state index contributed by atoms with van der Waals surface area (Å²) in [6, 6.07) is 7.13. The summed E-state index contributed by atoms with van der Waals surface area (Å²) in [5, 5.41) is 9.79. The average Bonchev–Trinajstić information content (AvgIpc) is 2.30. The summed E-state index contributed by atoms with van der Waals surface area (Å²) in [7, 11) is 1.59. The van der Waals surface area contributed by atoms with Gasteiger partial charge in [0.2, 0.25) is 5.91 Å². The van der Waals surface area contributed by atoms with Gasteiger partial charge in [0.15, 0.2) is 0 Å². The first-order valence-corrected chi connectivity index (χ1v) is 5.36. The summed E-state index contributed by atoms with van der Waals surface area (Å²) < 4.78 is 5.04. The molecule has 1 amide bonds. The van der Waals surface area contributed by atoms with Crippen LogP contribution in [0.5, 0.6) is 5.75 Å². The van der Waals surface area contributed by atoms with Crippen molar-refractivity contribution in [3.8, 4) is 5.75 Å². The molecule has 0 radical (unpaired) electrons. The lowest BCUT2D eigenvalue weighted by molar-refractivity contribution is -0.122. The fourth-order valence-corrected chi connectivity index (χ4v) is 1.91. The number of carbonyl (C=O) groups is 1. The molecular weight excluding hydrogens is 206 g/mol. The molecule has 0 saturated carbocycles. The Balaban J connectivity index is 2.23. The number of anilines is 1. The van der Waals surface area contributed by atoms with Crippen LogP contribution in [0.1, 0.15) is 19.3 Å². The molecule has 0 bridgehead atoms. The molecular formula is C12H15NO3. The Morgan fingerprint density at radius 3 is 2.62 bits per heavy atom. The molecule has 1 aliphatic heterocycles. The largest absolute Gasteiger partial charge is 0.497 e. The fraction of sp³-hybridized carbons (Fsp3) is 0.417. The van der Waals surface area contributed by atoms with E-state index in [9.17, 15) is 9.90 Å². The van der Waals surface area contributed by atoms with E-state index in [0.717, 1.165) is 17.9 Å². The Kier molecular flexibility index (Phi) is 3.10. The lowest BCUT2D eigenvalue weighted by atomic mass is 10.1. The molecule has 86 valence electrons. The number of nitrogens with zero attached hydrogens (tertiary/aromatic N) is 1. The number of carbonyl (C=O) groups excluding carboxylic acids is 1. The smallest absolute Gasteiger partial charge is 0.229 e. The van der Waals surface area contributed by atoms with Crippen molar-refractivity contribution in [3.63, 3.8) is 0 Å². The third-order valence-electron chi connectivity index (χ3n) is 2.77. The second-order valence-corrected chi connectivity index (χ2v) is 3.83. The predicted molar refractivity (Wildman–Crippen MR) is 60.3 cm³/mol. The molecule has 1 atom stereocenters. The Hall–Kier alpha value is -1.55. The SMILES string of the molecule is COc1ccc(N2C(=O)CCCC2O)cc1. The molecule has 1 aromatic carbocycles. The Morgan fingerprint density at radius 2 is 2.06 bits per heavy atom. The summed E-state index contributed by atoms with van der Waals surface area (Å²) in [5.41, 5.74) is 0.720. The minimum atomic E-state index is -0.699. The Morgan fingerprint density at radius 1 is 1.38 bits per heavy atom. The highest BCUT2D eigenvalue weighted by molar-refractivity contribution is 5.94. The van der Waals surface area contributed by atoms with Crippen LogP contribution in [-0.4, -0.2) is 24.4 Å². The summed E-state index contributed by atoms with van der Waals surface area (Å²) in [4.78, 5) is 13.1. The van der Waals surface area contributed by atoms with Crippen molar-refractivity contribution in [2.45, 2.75) is 25.5 Å². The van der Waals surface area contributed by atoms with Gasteiger partial charge >= 0.3 is 0 Å². The Bertz CT molecular complexity index is 374. The summed E-state index contributed by atoms with van der Waals surface area (Å²) in [6.45, 7) is 0. The van der Waals surface area contributed by atoms with Crippen molar-refractivity contribution in [1.82, 2.24) is 0 Å². The molecule has 0 aliphatic carbocycles. The van der Waals surface area contributed by atoms with Crippen molar-refractivity contribution >= 4 is 11.6 Å². The van der Waals surface area contributed by atoms with Crippen LogP contribution in [-0.2, 0) is 4.79 Å². The lowest BCUT2D eigenvalue weighted by Gasteiger charge is -2.32. The summed E-state index contributed by atoms with van der Waals surface area (Å²) in [6.07, 6.45) is 1.20. The highest BCUT2D eigenvalue weighted by Gasteiger charge is 2.27. The van der Waals surface area contributed by atoms with Gasteiger partial charge in [0.05, 0.1) is 7.11 Å². The number of rotatable bonds is 2. The first kappa shape index (κ1) is 11.0. The van der Waals surface area contributed by atoms with E-state index < -0.39 is 6.23 Å². The van der Waals surface area contributed by atoms with Crippen LogP contribution in [0.3, 0.4) is 0 Å². The van der Waals surface area contributed by atoms with Gasteiger partial charge in [-0.1, -0.05) is 0 Å². The predicted octanol–water partition coefficient (Wildman–Crippen LogP) is 1.53. The van der Waals surface area contributed by atoms with Crippen LogP contribution >= 0.6 is 0 Å². The van der Waals surface area contributed by atoms with Gasteiger partial charge in [0, 0.05) is 12.1 Å². The van der Waals surface area contributed by atoms with Crippen molar-refractivity contribution in [2.75, 3.05) is 12.0 Å². The number of methoxy groups -OCH3 is 1. The molecule has 0 aromatic heterocycles. The zero-order valence-corrected chi connectivity index (χ0v) is 9.22. The van der Waals surface area contributed by atoms with Crippen molar-refractivity contribution < 1.29 is 14.6 Å². The quantitative estimate of drug-likeness (QED) is 0.824. The van der Waals surface area contributed by atoms with E-state index in [1.54, 1.807) is 31.4 Å². The maximum atomic E-state index is 11.7. The number of hydrogen-bond acceptors (Lipinski definition) is 3. The molecule has 2 rings (SSSR count). The van der Waals surface area contributed by atoms with Crippen molar-refractivity contribution in [1.29, 1.82) is 0 Å². The number of hydrogen-bond donors (Lipinski definition) is 1. The van der Waals surface area contributed by atoms with E-state index in [4.69, 9.17) is 4.74 Å². The van der Waals surface area contributed by atoms with Gasteiger partial charge in [-0.3, -0.25) is 9.69 Å². The van der Waals surface area contributed by atoms with Gasteiger partial charge in [0.1, 0.15) is 12.0 Å². The van der Waals surface area contributed by atoms with Gasteiger partial charge < -0.3 is 9.84 Å². The molecule has 1 aromatic rings. The highest BCUT2D eigenvalue weighted by Crippen LogP contribution is 2.26. The molecule has 1 fully saturated rings. The van der Waals surface area contributed by atoms with E-state index in [0.29, 0.717) is 12.8 Å². The van der Waals surface area contributed by atoms with E-state index in [1.165, 1.54) is 4.90 Å². The maximum absolute atomic E-state index is 11.7. The molecule has 1 heterocycles. The molecule has 4 heteroatoms. The summed E-state index contributed by atoms with van der Waals surface area (Å²) >= 11 is 0. The zero-order chi connectivity index (χ0) is 11.5. The third-order valence-corrected chi connectivity index (χ3v) is 2.77. The van der Waals surface area contributed by atoms with Crippen molar-refractivity contribution in [3.05, 3.63) is 24.3 Å². The van der Waals surface area contributed by atoms with Crippen LogP contribution in [0.15, 0.2) is 24.3 Å². The van der Waals surface area contributed by atoms with Gasteiger partial charge in [-0.25, -0.2) is 0 Å². The fourth-order valence-electron chi connectivity index (χ4n) is 1.91. The van der Waals surface area contributed by atoms with Gasteiger partial charge in [-0.05, 0) is 37.1 Å². The first-order valence-electron chi connectivity index (χ1n) is 5.36. The van der Waals surface area contributed by atoms with Gasteiger partial charge in [-0.2, -0.15) is 0 Å². The molecule has 0 spiro atoms. The third kappa shape index (κ3) is 2.02. The van der Waals surface area contributed by atoms with Crippen LogP contribution in [0.25, 0.3) is 0 Å². The van der Waals surface area contributed by atoms with Gasteiger partial charge in [-0.15, -0.1) is 0 Å². The number of aliphatic hydroxyl groups is 1. The number of piperidine rings is 1. The standard InChI is InChI=1S/C12H15NO3/c1-16-10-7-5-9(6-8-10)13-11(14)3-2-4-12(13)15/h5-8,11,14H,2-4H2,1H3. The number of ether oxygens (including phenoxy) is 1. The van der Waals surface area contributed by atoms with Crippen LogP contribution in [0.2, 0.25) is 0 Å². The highest BCUT2D eigenvalue weighted by atomic mass is 16.5. The van der Waals surface area contributed by atoms with Crippen LogP contribution < -0.4 is 9.64 Å². The van der Waals surface area contributed by atoms with E-state index in [-0.39, 0.29) is 5.91 Å². The normalized spacial score (nSPS) is 21.0. The molecule has 1 N–H and O–H groups in total. The molecule has 1 saturated heterocycles. The molecule has 16 heavy (non-hydrogen) atoms. The second kappa shape index (κ2) is 4.53. The monoisotopic (exact) mass is 221 g/mol. The Labute approximate surface area is 94.4 Å². The van der Waals surface area contributed by atoms with Crippen LogP contribution in [0, 0.1) is 0 Å². The maximum Gasteiger partial charge on any atom is 0.229 e. The lowest BCUT2D eigenvalue weighted by Crippen LogP contribution is -2.43. The van der Waals surface area contributed by atoms with E-state index in [1.807, 2.05) is 0 Å². The van der Waals surface area contributed by atoms with Gasteiger partial charge in [0.25, 0.3) is 0 Å². The topological polar surface area (TPSA) is 49.8 Å². The average molecular weight is 221 g/mol. The zero-order valence-electron chi connectivity index (χ0n) is 9.22.